The third-order valence-corrected chi connectivity index (χ3v) is 4.40. The van der Waals surface area contributed by atoms with E-state index >= 15 is 0 Å². The van der Waals surface area contributed by atoms with Crippen LogP contribution in [0.5, 0.6) is 0 Å². The lowest BCUT2D eigenvalue weighted by molar-refractivity contribution is -0.120. The van der Waals surface area contributed by atoms with Crippen LogP contribution in [0.2, 0.25) is 0 Å². The normalized spacial score (nSPS) is 12.1. The first kappa shape index (κ1) is 14.6. The van der Waals surface area contributed by atoms with Crippen molar-refractivity contribution in [3.63, 3.8) is 0 Å². The van der Waals surface area contributed by atoms with Crippen molar-refractivity contribution in [1.82, 2.24) is 20.2 Å². The van der Waals surface area contributed by atoms with Crippen molar-refractivity contribution in [2.24, 2.45) is 0 Å². The molecular weight excluding hydrogens is 294 g/mol. The summed E-state index contributed by atoms with van der Waals surface area (Å²) in [6.07, 6.45) is 1.63. The molecule has 8 heteroatoms. The number of rotatable bonds is 6. The van der Waals surface area contributed by atoms with Crippen molar-refractivity contribution in [1.29, 1.82) is 0 Å². The summed E-state index contributed by atoms with van der Waals surface area (Å²) in [5.41, 5.74) is 0. The third-order valence-electron chi connectivity index (χ3n) is 2.48. The predicted molar refractivity (Wildman–Crippen MR) is 82.0 cm³/mol. The smallest absolute Gasteiger partial charge is 0.233 e. The summed E-state index contributed by atoms with van der Waals surface area (Å²) in [6.45, 7) is 5.79. The van der Waals surface area contributed by atoms with Gasteiger partial charge in [-0.1, -0.05) is 23.9 Å². The van der Waals surface area contributed by atoms with Gasteiger partial charge in [0.1, 0.15) is 0 Å². The van der Waals surface area contributed by atoms with Gasteiger partial charge in [0.2, 0.25) is 11.1 Å². The van der Waals surface area contributed by atoms with Crippen molar-refractivity contribution >= 4 is 29.0 Å². The Bertz CT molecular complexity index is 593. The number of thiophene rings is 1. The molecule has 0 aromatic carbocycles. The van der Waals surface area contributed by atoms with Crippen molar-refractivity contribution in [3.8, 4) is 10.7 Å². The van der Waals surface area contributed by atoms with Crippen molar-refractivity contribution < 1.29 is 4.79 Å². The number of nitrogens with zero attached hydrogens (tertiary/aromatic N) is 3. The summed E-state index contributed by atoms with van der Waals surface area (Å²) in [6, 6.07) is 3.85. The molecule has 3 N–H and O–H groups in total. The van der Waals surface area contributed by atoms with E-state index in [-0.39, 0.29) is 11.2 Å². The molecule has 0 aliphatic carbocycles. The Morgan fingerprint density at radius 1 is 1.70 bits per heavy atom. The van der Waals surface area contributed by atoms with E-state index in [1.54, 1.807) is 13.0 Å². The van der Waals surface area contributed by atoms with Gasteiger partial charge in [0.15, 0.2) is 5.82 Å². The number of thioether (sulfide) groups is 1. The second-order valence-electron chi connectivity index (χ2n) is 3.95. The van der Waals surface area contributed by atoms with Gasteiger partial charge in [-0.3, -0.25) is 4.79 Å². The first-order valence-corrected chi connectivity index (χ1v) is 7.69. The topological polar surface area (TPSA) is 85.8 Å². The van der Waals surface area contributed by atoms with Gasteiger partial charge in [0.25, 0.3) is 0 Å². The quantitative estimate of drug-likeness (QED) is 0.480. The van der Waals surface area contributed by atoms with Crippen molar-refractivity contribution in [2.75, 3.05) is 12.4 Å². The summed E-state index contributed by atoms with van der Waals surface area (Å²) in [4.78, 5) is 12.7. The van der Waals surface area contributed by atoms with Crippen LogP contribution in [0.4, 0.5) is 0 Å². The first-order valence-electron chi connectivity index (χ1n) is 5.93. The minimum Gasteiger partial charge on any atom is -0.352 e. The monoisotopic (exact) mass is 309 g/mol. The number of nitrogens with two attached hydrogens (primary N) is 1. The number of aromatic nitrogens is 3. The van der Waals surface area contributed by atoms with E-state index < -0.39 is 0 Å². The Balaban J connectivity index is 2.07. The van der Waals surface area contributed by atoms with E-state index in [1.807, 2.05) is 17.5 Å². The highest BCUT2D eigenvalue weighted by molar-refractivity contribution is 8.00. The second-order valence-corrected chi connectivity index (χ2v) is 6.20. The first-order chi connectivity index (χ1) is 9.63. The van der Waals surface area contributed by atoms with Crippen molar-refractivity contribution in [3.05, 3.63) is 30.2 Å². The fourth-order valence-corrected chi connectivity index (χ4v) is 2.96. The third kappa shape index (κ3) is 3.20. The summed E-state index contributed by atoms with van der Waals surface area (Å²) in [5, 5.41) is 13.0. The molecule has 2 aromatic rings. The molecule has 20 heavy (non-hydrogen) atoms. The van der Waals surface area contributed by atoms with Crippen LogP contribution < -0.4 is 11.2 Å². The number of amides is 1. The molecule has 1 atom stereocenters. The van der Waals surface area contributed by atoms with Crippen LogP contribution in [-0.2, 0) is 4.79 Å². The van der Waals surface area contributed by atoms with Gasteiger partial charge in [-0.2, -0.15) is 0 Å². The highest BCUT2D eigenvalue weighted by Gasteiger charge is 2.19. The number of nitrogen functional groups attached to an aromatic ring is 1. The van der Waals surface area contributed by atoms with E-state index in [0.717, 1.165) is 4.88 Å². The summed E-state index contributed by atoms with van der Waals surface area (Å²) < 4.78 is 1.41. The predicted octanol–water partition coefficient (Wildman–Crippen LogP) is 1.50. The van der Waals surface area contributed by atoms with Gasteiger partial charge in [-0.15, -0.1) is 28.1 Å². The lowest BCUT2D eigenvalue weighted by atomic mass is 10.4. The largest absolute Gasteiger partial charge is 0.352 e. The van der Waals surface area contributed by atoms with Gasteiger partial charge >= 0.3 is 0 Å². The van der Waals surface area contributed by atoms with Gasteiger partial charge in [-0.05, 0) is 18.4 Å². The molecule has 2 rings (SSSR count). The molecule has 1 amide bonds. The molecule has 0 saturated heterocycles. The molecule has 0 spiro atoms. The van der Waals surface area contributed by atoms with Crippen LogP contribution in [0.3, 0.4) is 0 Å². The van der Waals surface area contributed by atoms with Gasteiger partial charge in [0, 0.05) is 6.54 Å². The Morgan fingerprint density at radius 3 is 3.15 bits per heavy atom. The van der Waals surface area contributed by atoms with Gasteiger partial charge < -0.3 is 11.2 Å². The van der Waals surface area contributed by atoms with Crippen LogP contribution in [0.1, 0.15) is 6.92 Å². The zero-order valence-corrected chi connectivity index (χ0v) is 12.6. The molecule has 0 fully saturated rings. The average Bonchev–Trinajstić information content (AvgIpc) is 3.07. The second kappa shape index (κ2) is 6.58. The maximum absolute atomic E-state index is 11.8. The Labute approximate surface area is 125 Å². The standard InChI is InChI=1S/C12H15N5OS2/c1-3-6-14-11(18)8(2)20-12-16-15-10(17(12)13)9-5-4-7-19-9/h3-5,7-8H,1,6,13H2,2H3,(H,14,18). The van der Waals surface area contributed by atoms with Crippen LogP contribution in [0.15, 0.2) is 35.3 Å². The summed E-state index contributed by atoms with van der Waals surface area (Å²) in [7, 11) is 0. The molecule has 0 saturated carbocycles. The van der Waals surface area contributed by atoms with Gasteiger partial charge in [0.05, 0.1) is 10.1 Å². The van der Waals surface area contributed by atoms with E-state index in [4.69, 9.17) is 5.84 Å². The lowest BCUT2D eigenvalue weighted by Crippen LogP contribution is -2.31. The minimum atomic E-state index is -0.308. The van der Waals surface area contributed by atoms with E-state index in [1.165, 1.54) is 27.8 Å². The van der Waals surface area contributed by atoms with Crippen molar-refractivity contribution in [2.45, 2.75) is 17.3 Å². The number of hydrogen-bond donors (Lipinski definition) is 2. The number of carbonyl (C=O) groups excluding carboxylic acids is 1. The van der Waals surface area contributed by atoms with E-state index in [9.17, 15) is 4.79 Å². The molecular formula is C12H15N5OS2. The van der Waals surface area contributed by atoms with Crippen LogP contribution in [0.25, 0.3) is 10.7 Å². The Kier molecular flexibility index (Phi) is 4.80. The molecule has 0 aliphatic heterocycles. The van der Waals surface area contributed by atoms with Gasteiger partial charge in [-0.25, -0.2) is 4.68 Å². The fourth-order valence-electron chi connectivity index (χ4n) is 1.46. The van der Waals surface area contributed by atoms with E-state index in [2.05, 4.69) is 22.1 Å². The SMILES string of the molecule is C=CCNC(=O)C(C)Sc1nnc(-c2cccs2)n1N. The molecule has 0 bridgehead atoms. The highest BCUT2D eigenvalue weighted by atomic mass is 32.2. The van der Waals surface area contributed by atoms with Crippen LogP contribution >= 0.6 is 23.1 Å². The minimum absolute atomic E-state index is 0.0874. The lowest BCUT2D eigenvalue weighted by Gasteiger charge is -2.10. The molecule has 2 heterocycles. The number of carbonyl (C=O) groups is 1. The highest BCUT2D eigenvalue weighted by Crippen LogP contribution is 2.27. The fraction of sp³-hybridized carbons (Fsp3) is 0.250. The van der Waals surface area contributed by atoms with Crippen LogP contribution in [0, 0.1) is 0 Å². The summed E-state index contributed by atoms with van der Waals surface area (Å²) in [5.74, 6) is 6.48. The molecule has 6 nitrogen and oxygen atoms in total. The molecule has 106 valence electrons. The van der Waals surface area contributed by atoms with Crippen LogP contribution in [-0.4, -0.2) is 32.6 Å². The molecule has 0 radical (unpaired) electrons. The molecule has 0 aliphatic rings. The Hall–Kier alpha value is -1.80. The zero-order valence-electron chi connectivity index (χ0n) is 10.9. The number of hydrogen-bond acceptors (Lipinski definition) is 6. The summed E-state index contributed by atoms with van der Waals surface area (Å²) >= 11 is 2.81. The van der Waals surface area contributed by atoms with E-state index in [0.29, 0.717) is 17.5 Å². The maximum atomic E-state index is 11.8. The Morgan fingerprint density at radius 2 is 2.50 bits per heavy atom. The zero-order chi connectivity index (χ0) is 14.5. The molecule has 1 unspecified atom stereocenters. The maximum Gasteiger partial charge on any atom is 0.233 e. The average molecular weight is 309 g/mol. The molecule has 2 aromatic heterocycles. The number of nitrogens with one attached hydrogen (secondary N) is 1.